The molecule has 0 amide bonds. The molecule has 0 rings (SSSR count). The molecule has 0 aromatic rings. The minimum absolute atomic E-state index is 0. The van der Waals surface area contributed by atoms with Gasteiger partial charge in [0.15, 0.2) is 0 Å². The predicted molar refractivity (Wildman–Crippen MR) is 14.0 cm³/mol. The summed E-state index contributed by atoms with van der Waals surface area (Å²) in [5, 5.41) is 7.21. The van der Waals surface area contributed by atoms with Crippen LogP contribution >= 0.6 is 0 Å². The Hall–Kier alpha value is -0.0305. The van der Waals surface area contributed by atoms with Gasteiger partial charge in [0.05, 0.1) is 0 Å². The van der Waals surface area contributed by atoms with Crippen molar-refractivity contribution in [1.29, 1.82) is 0 Å². The largest absolute Gasteiger partial charge is 1.00 e. The number of hydrogen-bond acceptors (Lipinski definition) is 0. The second-order valence-corrected chi connectivity index (χ2v) is 0.158. The van der Waals surface area contributed by atoms with Crippen molar-refractivity contribution in [3.63, 3.8) is 0 Å². The first-order valence-corrected chi connectivity index (χ1v) is 0.577. The molecule has 0 heterocycles. The van der Waals surface area contributed by atoms with Gasteiger partial charge in [-0.25, -0.2) is 0 Å². The Bertz CT molecular complexity index is 27.0. The van der Waals surface area contributed by atoms with Crippen molar-refractivity contribution in [2.75, 3.05) is 0 Å². The van der Waals surface area contributed by atoms with E-state index in [0.29, 0.717) is 0 Å². The van der Waals surface area contributed by atoms with Gasteiger partial charge in [-0.05, 0) is 0 Å². The van der Waals surface area contributed by atoms with Gasteiger partial charge in [0.25, 0.3) is 0 Å². The van der Waals surface area contributed by atoms with Crippen LogP contribution in [0, 0.1) is 0 Å². The van der Waals surface area contributed by atoms with E-state index in [0.717, 1.165) is 0 Å². The molecule has 1 nitrogen and oxygen atoms in total. The average Bonchev–Trinajstić information content (AvgIpc) is 0.918. The van der Waals surface area contributed by atoms with Gasteiger partial charge in [-0.1, -0.05) is 6.58 Å². The predicted octanol–water partition coefficient (Wildman–Crippen LogP) is 0.409. The molecule has 4 heavy (non-hydrogen) atoms. The van der Waals surface area contributed by atoms with Crippen LogP contribution in [0.5, 0.6) is 0 Å². The summed E-state index contributed by atoms with van der Waals surface area (Å²) >= 11 is 0. The van der Waals surface area contributed by atoms with E-state index >= 15 is 0 Å². The average molecular weight is 104 g/mol. The smallest absolute Gasteiger partial charge is 0.764 e. The molecule has 0 unspecified atom stereocenters. The first-order valence-electron chi connectivity index (χ1n) is 0.577. The van der Waals surface area contributed by atoms with E-state index in [1.54, 1.807) is 0 Å². The van der Waals surface area contributed by atoms with Gasteiger partial charge >= 0.3 is 17.1 Å². The fraction of sp³-hybridized carbons (Fsp3) is 0. The molecule has 0 aliphatic heterocycles. The minimum Gasteiger partial charge on any atom is -0.764 e. The standard InChI is InChI=1S/C2H2N.Cu/c1-2-3;/h1H2;/q-1;+1. The summed E-state index contributed by atoms with van der Waals surface area (Å²) in [7, 11) is 0. The van der Waals surface area contributed by atoms with Crippen molar-refractivity contribution in [3.05, 3.63) is 12.0 Å². The van der Waals surface area contributed by atoms with Gasteiger partial charge < -0.3 is 5.41 Å². The molecule has 0 spiro atoms. The molecule has 2 heteroatoms. The second kappa shape index (κ2) is 12.3. The quantitative estimate of drug-likeness (QED) is 0.313. The molecule has 0 aromatic heterocycles. The monoisotopic (exact) mass is 103 g/mol. The van der Waals surface area contributed by atoms with Crippen molar-refractivity contribution in [2.24, 2.45) is 0 Å². The van der Waals surface area contributed by atoms with Crippen LogP contribution in [0.3, 0.4) is 0 Å². The Morgan fingerprint density at radius 1 is 1.75 bits per heavy atom. The van der Waals surface area contributed by atoms with Gasteiger partial charge in [0.1, 0.15) is 0 Å². The van der Waals surface area contributed by atoms with Crippen LogP contribution in [-0.4, -0.2) is 5.87 Å². The third-order valence-corrected chi connectivity index (χ3v) is 0. The molecular formula is C2H2CuN. The molecule has 0 N–H and O–H groups in total. The van der Waals surface area contributed by atoms with Crippen LogP contribution in [0.25, 0.3) is 5.41 Å². The van der Waals surface area contributed by atoms with E-state index in [1.807, 2.05) is 0 Å². The fourth-order valence-corrected chi connectivity index (χ4v) is 0. The van der Waals surface area contributed by atoms with Crippen LogP contribution < -0.4 is 0 Å². The number of hydrogen-bond donors (Lipinski definition) is 0. The zero-order valence-electron chi connectivity index (χ0n) is 1.96. The second-order valence-electron chi connectivity index (χ2n) is 0.158. The molecule has 0 aliphatic carbocycles. The summed E-state index contributed by atoms with van der Waals surface area (Å²) in [5.41, 5.74) is 0. The third kappa shape index (κ3) is 1990. The van der Waals surface area contributed by atoms with Crippen molar-refractivity contribution in [2.45, 2.75) is 0 Å². The molecule has 0 aromatic carbocycles. The Labute approximate surface area is 35.7 Å². The van der Waals surface area contributed by atoms with E-state index in [4.69, 9.17) is 5.41 Å². The molecular weight excluding hydrogens is 102 g/mol. The van der Waals surface area contributed by atoms with E-state index in [-0.39, 0.29) is 17.1 Å². The Balaban J connectivity index is 0. The van der Waals surface area contributed by atoms with Crippen LogP contribution in [0.4, 0.5) is 0 Å². The summed E-state index contributed by atoms with van der Waals surface area (Å²) in [6.07, 6.45) is 0. The summed E-state index contributed by atoms with van der Waals surface area (Å²) in [5.74, 6) is 1.50. The van der Waals surface area contributed by atoms with Crippen molar-refractivity contribution in [3.8, 4) is 0 Å². The van der Waals surface area contributed by atoms with Crippen LogP contribution in [0.15, 0.2) is 6.58 Å². The van der Waals surface area contributed by atoms with E-state index < -0.39 is 0 Å². The van der Waals surface area contributed by atoms with E-state index in [1.165, 1.54) is 5.87 Å². The maximum absolute atomic E-state index is 7.21. The van der Waals surface area contributed by atoms with Gasteiger partial charge in [0, 0.05) is 0 Å². The van der Waals surface area contributed by atoms with E-state index in [2.05, 4.69) is 6.58 Å². The third-order valence-electron chi connectivity index (χ3n) is 0. The molecule has 0 bridgehead atoms. The van der Waals surface area contributed by atoms with Crippen LogP contribution in [0.1, 0.15) is 0 Å². The maximum atomic E-state index is 7.21. The molecule has 0 saturated carbocycles. The topological polar surface area (TPSA) is 22.3 Å². The van der Waals surface area contributed by atoms with Crippen LogP contribution in [-0.2, 0) is 17.1 Å². The van der Waals surface area contributed by atoms with Gasteiger partial charge in [-0.3, -0.25) is 5.87 Å². The minimum atomic E-state index is 0. The summed E-state index contributed by atoms with van der Waals surface area (Å²) in [6, 6.07) is 0. The SMILES string of the molecule is C=C=[N-].[Cu+]. The van der Waals surface area contributed by atoms with Crippen molar-refractivity contribution >= 4 is 5.87 Å². The summed E-state index contributed by atoms with van der Waals surface area (Å²) < 4.78 is 0. The zero-order valence-corrected chi connectivity index (χ0v) is 2.90. The Morgan fingerprint density at radius 2 is 1.75 bits per heavy atom. The van der Waals surface area contributed by atoms with Crippen molar-refractivity contribution < 1.29 is 17.1 Å². The Kier molecular flexibility index (Phi) is 27.6. The van der Waals surface area contributed by atoms with Gasteiger partial charge in [-0.15, -0.1) is 0 Å². The van der Waals surface area contributed by atoms with Crippen LogP contribution in [0.2, 0.25) is 0 Å². The Morgan fingerprint density at radius 3 is 1.75 bits per heavy atom. The number of rotatable bonds is 0. The first kappa shape index (κ1) is 9.02. The molecule has 0 aliphatic rings. The first-order chi connectivity index (χ1) is 1.41. The zero-order chi connectivity index (χ0) is 2.71. The molecule has 0 fully saturated rings. The summed E-state index contributed by atoms with van der Waals surface area (Å²) in [4.78, 5) is 0. The molecule has 0 saturated heterocycles. The molecule has 0 radical (unpaired) electrons. The maximum Gasteiger partial charge on any atom is 1.00 e. The summed E-state index contributed by atoms with van der Waals surface area (Å²) in [6.45, 7) is 2.79. The van der Waals surface area contributed by atoms with E-state index in [9.17, 15) is 0 Å². The normalized spacial score (nSPS) is 2.00. The van der Waals surface area contributed by atoms with Gasteiger partial charge in [-0.2, -0.15) is 0 Å². The number of nitrogens with zero attached hydrogens (tertiary/aromatic N) is 1. The molecule has 0 atom stereocenters. The van der Waals surface area contributed by atoms with Gasteiger partial charge in [0.2, 0.25) is 0 Å². The fourth-order valence-electron chi connectivity index (χ4n) is 0. The van der Waals surface area contributed by atoms with Crippen molar-refractivity contribution in [1.82, 2.24) is 0 Å². The molecule has 26 valence electrons.